The summed E-state index contributed by atoms with van der Waals surface area (Å²) in [6, 6.07) is 7.87. The average molecular weight is 258 g/mol. The number of rotatable bonds is 4. The van der Waals surface area contributed by atoms with Crippen LogP contribution in [0.1, 0.15) is 31.2 Å². The second-order valence-corrected chi connectivity index (χ2v) is 6.06. The zero-order chi connectivity index (χ0) is 13.2. The van der Waals surface area contributed by atoms with E-state index in [-0.39, 0.29) is 5.91 Å². The number of nitrogens with two attached hydrogens (primary N) is 1. The predicted octanol–water partition coefficient (Wildman–Crippen LogP) is 2.36. The van der Waals surface area contributed by atoms with Crippen molar-refractivity contribution in [3.8, 4) is 0 Å². The third kappa shape index (κ3) is 2.75. The van der Waals surface area contributed by atoms with Crippen LogP contribution in [0.5, 0.6) is 0 Å². The lowest BCUT2D eigenvalue weighted by atomic mass is 9.88. The van der Waals surface area contributed by atoms with Crippen LogP contribution in [0.25, 0.3) is 0 Å². The maximum atomic E-state index is 12.1. The molecule has 1 aromatic rings. The normalized spacial score (nSPS) is 28.5. The Morgan fingerprint density at radius 1 is 1.21 bits per heavy atom. The van der Waals surface area contributed by atoms with E-state index in [1.807, 2.05) is 24.3 Å². The van der Waals surface area contributed by atoms with Gasteiger partial charge >= 0.3 is 0 Å². The number of hydrogen-bond acceptors (Lipinski definition) is 2. The third-order valence-corrected chi connectivity index (χ3v) is 4.77. The molecule has 3 heteroatoms. The number of anilines is 1. The van der Waals surface area contributed by atoms with Gasteiger partial charge in [-0.3, -0.25) is 4.79 Å². The highest BCUT2D eigenvalue weighted by Crippen LogP contribution is 2.48. The summed E-state index contributed by atoms with van der Waals surface area (Å²) in [5, 5.41) is 3.10. The highest BCUT2D eigenvalue weighted by atomic mass is 16.1. The SMILES string of the molecule is Nc1ccc(CCNC(=O)C2CC3CCC2C3)cc1. The summed E-state index contributed by atoms with van der Waals surface area (Å²) in [4.78, 5) is 12.1. The molecule has 2 fully saturated rings. The summed E-state index contributed by atoms with van der Waals surface area (Å²) < 4.78 is 0. The van der Waals surface area contributed by atoms with E-state index in [0.717, 1.165) is 31.0 Å². The van der Waals surface area contributed by atoms with E-state index in [1.165, 1.54) is 24.8 Å². The summed E-state index contributed by atoms with van der Waals surface area (Å²) in [6.07, 6.45) is 5.90. The van der Waals surface area contributed by atoms with Crippen molar-refractivity contribution in [2.24, 2.45) is 17.8 Å². The van der Waals surface area contributed by atoms with Crippen molar-refractivity contribution < 1.29 is 4.79 Å². The summed E-state index contributed by atoms with van der Waals surface area (Å²) in [5.74, 6) is 2.08. The van der Waals surface area contributed by atoms with Crippen LogP contribution < -0.4 is 11.1 Å². The van der Waals surface area contributed by atoms with Crippen molar-refractivity contribution >= 4 is 11.6 Å². The van der Waals surface area contributed by atoms with E-state index in [0.29, 0.717) is 11.8 Å². The van der Waals surface area contributed by atoms with Gasteiger partial charge < -0.3 is 11.1 Å². The van der Waals surface area contributed by atoms with Gasteiger partial charge in [-0.15, -0.1) is 0 Å². The van der Waals surface area contributed by atoms with Crippen molar-refractivity contribution in [3.05, 3.63) is 29.8 Å². The van der Waals surface area contributed by atoms with Crippen molar-refractivity contribution in [1.82, 2.24) is 5.32 Å². The minimum atomic E-state index is 0.280. The molecule has 2 saturated carbocycles. The molecule has 0 aliphatic heterocycles. The smallest absolute Gasteiger partial charge is 0.223 e. The Morgan fingerprint density at radius 3 is 2.63 bits per heavy atom. The minimum Gasteiger partial charge on any atom is -0.399 e. The molecule has 19 heavy (non-hydrogen) atoms. The van der Waals surface area contributed by atoms with Crippen LogP contribution in [0.2, 0.25) is 0 Å². The Balaban J connectivity index is 1.45. The topological polar surface area (TPSA) is 55.1 Å². The summed E-state index contributed by atoms with van der Waals surface area (Å²) >= 11 is 0. The molecule has 1 aromatic carbocycles. The Bertz CT molecular complexity index is 454. The summed E-state index contributed by atoms with van der Waals surface area (Å²) in [7, 11) is 0. The summed E-state index contributed by atoms with van der Waals surface area (Å²) in [5.41, 5.74) is 7.66. The molecule has 2 aliphatic rings. The van der Waals surface area contributed by atoms with Gasteiger partial charge in [-0.25, -0.2) is 0 Å². The highest BCUT2D eigenvalue weighted by Gasteiger charge is 2.42. The number of nitrogens with one attached hydrogen (secondary N) is 1. The molecule has 0 radical (unpaired) electrons. The van der Waals surface area contributed by atoms with E-state index in [2.05, 4.69) is 5.32 Å². The van der Waals surface area contributed by atoms with Gasteiger partial charge in [-0.1, -0.05) is 18.6 Å². The van der Waals surface area contributed by atoms with E-state index in [1.54, 1.807) is 0 Å². The number of amides is 1. The Labute approximate surface area is 114 Å². The molecule has 3 rings (SSSR count). The molecule has 2 aliphatic carbocycles. The van der Waals surface area contributed by atoms with Crippen LogP contribution in [0.15, 0.2) is 24.3 Å². The zero-order valence-corrected chi connectivity index (χ0v) is 11.3. The largest absolute Gasteiger partial charge is 0.399 e. The average Bonchev–Trinajstić information content (AvgIpc) is 3.03. The number of benzene rings is 1. The zero-order valence-electron chi connectivity index (χ0n) is 11.3. The lowest BCUT2D eigenvalue weighted by Crippen LogP contribution is -2.34. The van der Waals surface area contributed by atoms with Crippen molar-refractivity contribution in [1.29, 1.82) is 0 Å². The Kier molecular flexibility index (Phi) is 3.45. The van der Waals surface area contributed by atoms with Gasteiger partial charge in [-0.05, 0) is 55.2 Å². The molecule has 0 spiro atoms. The Hall–Kier alpha value is -1.51. The first kappa shape index (κ1) is 12.5. The maximum Gasteiger partial charge on any atom is 0.223 e. The second kappa shape index (κ2) is 5.24. The van der Waals surface area contributed by atoms with Crippen LogP contribution in [0, 0.1) is 17.8 Å². The van der Waals surface area contributed by atoms with Gasteiger partial charge in [0.1, 0.15) is 0 Å². The molecular formula is C16H22N2O. The third-order valence-electron chi connectivity index (χ3n) is 4.77. The number of fused-ring (bicyclic) bond motifs is 2. The van der Waals surface area contributed by atoms with Crippen LogP contribution in [-0.2, 0) is 11.2 Å². The van der Waals surface area contributed by atoms with Gasteiger partial charge in [0.2, 0.25) is 5.91 Å². The first-order valence-corrected chi connectivity index (χ1v) is 7.34. The van der Waals surface area contributed by atoms with Crippen molar-refractivity contribution in [2.75, 3.05) is 12.3 Å². The predicted molar refractivity (Wildman–Crippen MR) is 76.5 cm³/mol. The molecule has 0 heterocycles. The van der Waals surface area contributed by atoms with Gasteiger partial charge in [0.05, 0.1) is 0 Å². The van der Waals surface area contributed by atoms with Gasteiger partial charge in [-0.2, -0.15) is 0 Å². The van der Waals surface area contributed by atoms with Crippen LogP contribution in [-0.4, -0.2) is 12.5 Å². The van der Waals surface area contributed by atoms with Crippen molar-refractivity contribution in [3.63, 3.8) is 0 Å². The lowest BCUT2D eigenvalue weighted by Gasteiger charge is -2.20. The summed E-state index contributed by atoms with van der Waals surface area (Å²) in [6.45, 7) is 0.733. The maximum absolute atomic E-state index is 12.1. The monoisotopic (exact) mass is 258 g/mol. The van der Waals surface area contributed by atoms with Gasteiger partial charge in [0.25, 0.3) is 0 Å². The van der Waals surface area contributed by atoms with E-state index >= 15 is 0 Å². The molecule has 2 bridgehead atoms. The van der Waals surface area contributed by atoms with Gasteiger partial charge in [0.15, 0.2) is 0 Å². The number of nitrogen functional groups attached to an aromatic ring is 1. The lowest BCUT2D eigenvalue weighted by molar-refractivity contribution is -0.126. The fraction of sp³-hybridized carbons (Fsp3) is 0.562. The first-order valence-electron chi connectivity index (χ1n) is 7.34. The first-order chi connectivity index (χ1) is 9.22. The molecule has 1 amide bonds. The quantitative estimate of drug-likeness (QED) is 0.815. The molecule has 3 nitrogen and oxygen atoms in total. The molecular weight excluding hydrogens is 236 g/mol. The molecule has 3 N–H and O–H groups in total. The standard InChI is InChI=1S/C16H22N2O/c17-14-5-2-11(3-6-14)7-8-18-16(19)15-10-12-1-4-13(15)9-12/h2-3,5-6,12-13,15H,1,4,7-10,17H2,(H,18,19). The molecule has 0 saturated heterocycles. The number of carbonyl (C=O) groups excluding carboxylic acids is 1. The number of hydrogen-bond donors (Lipinski definition) is 2. The molecule has 3 unspecified atom stereocenters. The second-order valence-electron chi connectivity index (χ2n) is 6.06. The van der Waals surface area contributed by atoms with Crippen LogP contribution in [0.3, 0.4) is 0 Å². The van der Waals surface area contributed by atoms with E-state index in [4.69, 9.17) is 5.73 Å². The van der Waals surface area contributed by atoms with Crippen LogP contribution in [0.4, 0.5) is 5.69 Å². The molecule has 102 valence electrons. The van der Waals surface area contributed by atoms with Crippen molar-refractivity contribution in [2.45, 2.75) is 32.1 Å². The van der Waals surface area contributed by atoms with E-state index < -0.39 is 0 Å². The fourth-order valence-corrected chi connectivity index (χ4v) is 3.71. The highest BCUT2D eigenvalue weighted by molar-refractivity contribution is 5.79. The Morgan fingerprint density at radius 2 is 2.00 bits per heavy atom. The number of carbonyl (C=O) groups is 1. The molecule has 0 aromatic heterocycles. The minimum absolute atomic E-state index is 0.280. The van der Waals surface area contributed by atoms with E-state index in [9.17, 15) is 4.79 Å². The molecule has 3 atom stereocenters. The van der Waals surface area contributed by atoms with Gasteiger partial charge in [0, 0.05) is 18.2 Å². The fourth-order valence-electron chi connectivity index (χ4n) is 3.71. The van der Waals surface area contributed by atoms with Crippen LogP contribution >= 0.6 is 0 Å².